The van der Waals surface area contributed by atoms with Crippen molar-refractivity contribution >= 4 is 35.6 Å². The molecule has 0 spiro atoms. The van der Waals surface area contributed by atoms with E-state index in [0.717, 1.165) is 17.7 Å². The third-order valence-electron chi connectivity index (χ3n) is 3.54. The van der Waals surface area contributed by atoms with Crippen LogP contribution in [-0.2, 0) is 17.8 Å². The molecule has 0 atom stereocenters. The van der Waals surface area contributed by atoms with Gasteiger partial charge in [-0.05, 0) is 31.9 Å². The van der Waals surface area contributed by atoms with Gasteiger partial charge in [0.05, 0.1) is 6.61 Å². The number of halogens is 1. The molecule has 2 aromatic rings. The average Bonchev–Trinajstić information content (AvgIpc) is 2.48. The third kappa shape index (κ3) is 6.49. The number of anilines is 1. The largest absolute Gasteiger partial charge is 0.380 e. The van der Waals surface area contributed by atoms with Crippen molar-refractivity contribution < 1.29 is 4.74 Å². The summed E-state index contributed by atoms with van der Waals surface area (Å²) in [4.78, 5) is 4.42. The van der Waals surface area contributed by atoms with Crippen molar-refractivity contribution in [3.05, 3.63) is 64.7 Å². The van der Waals surface area contributed by atoms with Gasteiger partial charge in [-0.3, -0.25) is 4.99 Å². The van der Waals surface area contributed by atoms with Crippen LogP contribution in [-0.4, -0.2) is 19.6 Å². The number of hydrogen-bond donors (Lipinski definition) is 2. The van der Waals surface area contributed by atoms with Gasteiger partial charge in [0.2, 0.25) is 0 Å². The molecule has 24 heavy (non-hydrogen) atoms. The molecule has 0 aliphatic rings. The average molecular weight is 439 g/mol. The zero-order valence-electron chi connectivity index (χ0n) is 14.5. The first kappa shape index (κ1) is 20.4. The van der Waals surface area contributed by atoms with Crippen LogP contribution in [0, 0.1) is 13.8 Å². The molecule has 0 saturated heterocycles. The Hall–Kier alpha value is -1.60. The fourth-order valence-electron chi connectivity index (χ4n) is 2.62. The molecule has 3 N–H and O–H groups in total. The van der Waals surface area contributed by atoms with Crippen molar-refractivity contribution in [2.24, 2.45) is 10.7 Å². The van der Waals surface area contributed by atoms with Gasteiger partial charge in [-0.2, -0.15) is 0 Å². The Kier molecular flexibility index (Phi) is 8.78. The zero-order valence-corrected chi connectivity index (χ0v) is 16.8. The first-order chi connectivity index (χ1) is 11.1. The van der Waals surface area contributed by atoms with Crippen LogP contribution < -0.4 is 11.1 Å². The molecule has 2 aromatic carbocycles. The molecule has 4 nitrogen and oxygen atoms in total. The van der Waals surface area contributed by atoms with Gasteiger partial charge >= 0.3 is 0 Å². The number of aliphatic imine (C=N–C) groups is 1. The second kappa shape index (κ2) is 10.3. The van der Waals surface area contributed by atoms with E-state index in [4.69, 9.17) is 10.5 Å². The Labute approximate surface area is 161 Å². The van der Waals surface area contributed by atoms with Crippen LogP contribution in [0.25, 0.3) is 0 Å². The standard InChI is InChI=1S/C19H25N3O.HI/c1-14-10-15(2)12-16(11-14)8-9-21-19(20)22-18-7-5-4-6-17(18)13-23-3;/h4-7,10-12H,8-9,13H2,1-3H3,(H3,20,21,22);1H. The Morgan fingerprint density at radius 3 is 2.46 bits per heavy atom. The summed E-state index contributed by atoms with van der Waals surface area (Å²) in [6.07, 6.45) is 0.880. The van der Waals surface area contributed by atoms with Crippen LogP contribution in [0.15, 0.2) is 47.5 Å². The van der Waals surface area contributed by atoms with Crippen molar-refractivity contribution in [1.82, 2.24) is 0 Å². The predicted molar refractivity (Wildman–Crippen MR) is 112 cm³/mol. The molecule has 0 radical (unpaired) electrons. The van der Waals surface area contributed by atoms with E-state index in [0.29, 0.717) is 19.1 Å². The number of nitrogens with two attached hydrogens (primary N) is 1. The molecule has 2 rings (SSSR count). The molecule has 0 amide bonds. The Balaban J connectivity index is 0.00000288. The maximum Gasteiger partial charge on any atom is 0.193 e. The van der Waals surface area contributed by atoms with Crippen molar-refractivity contribution in [3.8, 4) is 0 Å². The highest BCUT2D eigenvalue weighted by Gasteiger charge is 2.02. The number of methoxy groups -OCH3 is 1. The van der Waals surface area contributed by atoms with Gasteiger partial charge < -0.3 is 15.8 Å². The number of benzene rings is 2. The smallest absolute Gasteiger partial charge is 0.193 e. The van der Waals surface area contributed by atoms with E-state index in [1.54, 1.807) is 7.11 Å². The van der Waals surface area contributed by atoms with E-state index in [9.17, 15) is 0 Å². The Morgan fingerprint density at radius 2 is 1.79 bits per heavy atom. The lowest BCUT2D eigenvalue weighted by atomic mass is 10.1. The SMILES string of the molecule is COCc1ccccc1NC(N)=NCCc1cc(C)cc(C)c1.I. The number of guanidine groups is 1. The monoisotopic (exact) mass is 439 g/mol. The highest BCUT2D eigenvalue weighted by molar-refractivity contribution is 14.0. The van der Waals surface area contributed by atoms with E-state index in [1.165, 1.54) is 16.7 Å². The first-order valence-electron chi connectivity index (χ1n) is 7.79. The number of nitrogens with one attached hydrogen (secondary N) is 1. The lowest BCUT2D eigenvalue weighted by Gasteiger charge is -2.11. The van der Waals surface area contributed by atoms with Crippen LogP contribution >= 0.6 is 24.0 Å². The molecule has 0 aromatic heterocycles. The molecule has 0 bridgehead atoms. The lowest BCUT2D eigenvalue weighted by Crippen LogP contribution is -2.23. The topological polar surface area (TPSA) is 59.6 Å². The van der Waals surface area contributed by atoms with Crippen LogP contribution in [0.3, 0.4) is 0 Å². The van der Waals surface area contributed by atoms with E-state index in [2.05, 4.69) is 42.4 Å². The first-order valence-corrected chi connectivity index (χ1v) is 7.79. The second-order valence-electron chi connectivity index (χ2n) is 5.73. The highest BCUT2D eigenvalue weighted by atomic mass is 127. The van der Waals surface area contributed by atoms with Crippen molar-refractivity contribution in [2.75, 3.05) is 19.0 Å². The van der Waals surface area contributed by atoms with Gasteiger partial charge in [-0.25, -0.2) is 0 Å². The van der Waals surface area contributed by atoms with Crippen molar-refractivity contribution in [1.29, 1.82) is 0 Å². The third-order valence-corrected chi connectivity index (χ3v) is 3.54. The summed E-state index contributed by atoms with van der Waals surface area (Å²) >= 11 is 0. The maximum absolute atomic E-state index is 5.99. The van der Waals surface area contributed by atoms with Gasteiger partial charge in [0.1, 0.15) is 0 Å². The molecule has 0 unspecified atom stereocenters. The second-order valence-corrected chi connectivity index (χ2v) is 5.73. The van der Waals surface area contributed by atoms with Gasteiger partial charge in [-0.1, -0.05) is 47.5 Å². The Morgan fingerprint density at radius 1 is 1.12 bits per heavy atom. The fraction of sp³-hybridized carbons (Fsp3) is 0.316. The summed E-state index contributed by atoms with van der Waals surface area (Å²) in [5.41, 5.74) is 11.8. The minimum atomic E-state index is 0. The number of nitrogens with zero attached hydrogens (tertiary/aromatic N) is 1. The number of ether oxygens (including phenoxy) is 1. The van der Waals surface area contributed by atoms with Gasteiger partial charge in [0, 0.05) is 24.9 Å². The summed E-state index contributed by atoms with van der Waals surface area (Å²) < 4.78 is 5.19. The fourth-order valence-corrected chi connectivity index (χ4v) is 2.62. The van der Waals surface area contributed by atoms with Crippen molar-refractivity contribution in [3.63, 3.8) is 0 Å². The summed E-state index contributed by atoms with van der Waals surface area (Å²) in [5.74, 6) is 0.429. The van der Waals surface area contributed by atoms with Gasteiger partial charge in [-0.15, -0.1) is 24.0 Å². The van der Waals surface area contributed by atoms with Crippen LogP contribution in [0.4, 0.5) is 5.69 Å². The molecule has 0 fully saturated rings. The number of aryl methyl sites for hydroxylation is 2. The minimum Gasteiger partial charge on any atom is -0.380 e. The predicted octanol–water partition coefficient (Wildman–Crippen LogP) is 4.04. The lowest BCUT2D eigenvalue weighted by molar-refractivity contribution is 0.185. The van der Waals surface area contributed by atoms with E-state index < -0.39 is 0 Å². The van der Waals surface area contributed by atoms with Gasteiger partial charge in [0.25, 0.3) is 0 Å². The zero-order chi connectivity index (χ0) is 16.7. The van der Waals surface area contributed by atoms with Gasteiger partial charge in [0.15, 0.2) is 5.96 Å². The summed E-state index contributed by atoms with van der Waals surface area (Å²) in [6, 6.07) is 14.5. The van der Waals surface area contributed by atoms with E-state index in [1.807, 2.05) is 24.3 Å². The molecular weight excluding hydrogens is 413 g/mol. The van der Waals surface area contributed by atoms with E-state index >= 15 is 0 Å². The summed E-state index contributed by atoms with van der Waals surface area (Å²) in [5, 5.41) is 3.15. The molecule has 0 saturated carbocycles. The normalized spacial score (nSPS) is 11.0. The van der Waals surface area contributed by atoms with Crippen LogP contribution in [0.2, 0.25) is 0 Å². The van der Waals surface area contributed by atoms with E-state index in [-0.39, 0.29) is 24.0 Å². The number of para-hydroxylation sites is 1. The molecule has 5 heteroatoms. The summed E-state index contributed by atoms with van der Waals surface area (Å²) in [6.45, 7) is 5.43. The highest BCUT2D eigenvalue weighted by Crippen LogP contribution is 2.15. The van der Waals surface area contributed by atoms with Crippen LogP contribution in [0.1, 0.15) is 22.3 Å². The number of rotatable bonds is 6. The Bertz CT molecular complexity index is 666. The quantitative estimate of drug-likeness (QED) is 0.406. The molecule has 130 valence electrons. The van der Waals surface area contributed by atoms with Crippen LogP contribution in [0.5, 0.6) is 0 Å². The molecular formula is C19H26IN3O. The summed E-state index contributed by atoms with van der Waals surface area (Å²) in [7, 11) is 1.68. The maximum atomic E-state index is 5.99. The van der Waals surface area contributed by atoms with Crippen molar-refractivity contribution in [2.45, 2.75) is 26.9 Å². The minimum absolute atomic E-state index is 0. The molecule has 0 aliphatic heterocycles. The molecule has 0 heterocycles. The molecule has 0 aliphatic carbocycles. The number of hydrogen-bond acceptors (Lipinski definition) is 2.